The minimum absolute atomic E-state index is 0.0771. The van der Waals surface area contributed by atoms with Crippen LogP contribution in [0.1, 0.15) is 28.8 Å². The van der Waals surface area contributed by atoms with E-state index in [0.717, 1.165) is 0 Å². The van der Waals surface area contributed by atoms with Gasteiger partial charge in [0.1, 0.15) is 36.6 Å². The van der Waals surface area contributed by atoms with Crippen LogP contribution in [0.3, 0.4) is 0 Å². The van der Waals surface area contributed by atoms with Crippen LogP contribution in [0.15, 0.2) is 93.6 Å². The summed E-state index contributed by atoms with van der Waals surface area (Å²) in [5.41, 5.74) is 12.3. The first-order valence-electron chi connectivity index (χ1n) is 13.4. The number of rotatable bonds is 11. The SMILES string of the molecule is CON=C(C(=O)N[C@@H]1C(=O)N2C(C(=O)OC(c3ccccc3)c3ccccc3)=C(COC(N)=O)CS[C@@H]12)c1ccc(CN)o1. The third-order valence-electron chi connectivity index (χ3n) is 6.84. The first-order chi connectivity index (χ1) is 21.3. The number of nitrogens with two attached hydrogens (primary N) is 2. The number of carbonyl (C=O) groups is 4. The van der Waals surface area contributed by atoms with Crippen LogP contribution in [-0.2, 0) is 35.2 Å². The number of nitrogens with zero attached hydrogens (tertiary/aromatic N) is 2. The van der Waals surface area contributed by atoms with Crippen molar-refractivity contribution in [2.24, 2.45) is 16.6 Å². The maximum Gasteiger partial charge on any atom is 0.404 e. The Morgan fingerprint density at radius 3 is 2.30 bits per heavy atom. The molecule has 1 aromatic heterocycles. The van der Waals surface area contributed by atoms with Crippen molar-refractivity contribution in [3.8, 4) is 0 Å². The lowest BCUT2D eigenvalue weighted by atomic mass is 10.0. The van der Waals surface area contributed by atoms with Crippen LogP contribution in [0.4, 0.5) is 4.79 Å². The van der Waals surface area contributed by atoms with Crippen molar-refractivity contribution < 1.29 is 37.9 Å². The molecule has 228 valence electrons. The molecule has 3 amide bonds. The molecule has 44 heavy (non-hydrogen) atoms. The van der Waals surface area contributed by atoms with Crippen LogP contribution < -0.4 is 16.8 Å². The molecular weight excluding hydrogens is 590 g/mol. The van der Waals surface area contributed by atoms with E-state index in [1.807, 2.05) is 60.7 Å². The van der Waals surface area contributed by atoms with Gasteiger partial charge in [-0.3, -0.25) is 14.5 Å². The topological polar surface area (TPSA) is 189 Å². The van der Waals surface area contributed by atoms with Crippen molar-refractivity contribution in [2.45, 2.75) is 24.1 Å². The number of nitrogens with one attached hydrogen (secondary N) is 1. The number of primary amides is 1. The number of carbonyl (C=O) groups excluding carboxylic acids is 4. The van der Waals surface area contributed by atoms with E-state index >= 15 is 0 Å². The summed E-state index contributed by atoms with van der Waals surface area (Å²) in [6.45, 7) is -0.215. The fourth-order valence-corrected chi connectivity index (χ4v) is 6.13. The molecule has 13 nitrogen and oxygen atoms in total. The second kappa shape index (κ2) is 13.5. The second-order valence-electron chi connectivity index (χ2n) is 9.62. The normalized spacial score (nSPS) is 17.9. The highest BCUT2D eigenvalue weighted by Gasteiger charge is 2.55. The van der Waals surface area contributed by atoms with Crippen molar-refractivity contribution in [1.82, 2.24) is 10.2 Å². The number of amides is 3. The fourth-order valence-electron chi connectivity index (χ4n) is 4.80. The van der Waals surface area contributed by atoms with Gasteiger partial charge in [0.05, 0.1) is 6.54 Å². The van der Waals surface area contributed by atoms with Gasteiger partial charge in [-0.05, 0) is 23.3 Å². The average molecular weight is 620 g/mol. The van der Waals surface area contributed by atoms with Gasteiger partial charge in [-0.1, -0.05) is 65.8 Å². The van der Waals surface area contributed by atoms with Crippen LogP contribution in [0.5, 0.6) is 0 Å². The first kappa shape index (κ1) is 30.4. The molecule has 2 aliphatic heterocycles. The molecule has 2 atom stereocenters. The summed E-state index contributed by atoms with van der Waals surface area (Å²) in [5, 5.41) is 5.76. The summed E-state index contributed by atoms with van der Waals surface area (Å²) in [4.78, 5) is 58.1. The summed E-state index contributed by atoms with van der Waals surface area (Å²) < 4.78 is 16.6. The maximum atomic E-state index is 13.9. The molecule has 2 aliphatic rings. The van der Waals surface area contributed by atoms with Gasteiger partial charge in [-0.25, -0.2) is 9.59 Å². The molecule has 14 heteroatoms. The van der Waals surface area contributed by atoms with Crippen LogP contribution in [0.2, 0.25) is 0 Å². The van der Waals surface area contributed by atoms with E-state index in [9.17, 15) is 19.2 Å². The summed E-state index contributed by atoms with van der Waals surface area (Å²) in [6.07, 6.45) is -1.83. The quantitative estimate of drug-likeness (QED) is 0.124. The number of benzene rings is 2. The van der Waals surface area contributed by atoms with E-state index in [4.69, 9.17) is 30.2 Å². The number of furan rings is 1. The zero-order chi connectivity index (χ0) is 31.2. The van der Waals surface area contributed by atoms with E-state index in [-0.39, 0.29) is 36.1 Å². The fraction of sp³-hybridized carbons (Fsp3) is 0.233. The number of thioether (sulfide) groups is 1. The Balaban J connectivity index is 1.41. The number of ether oxygens (including phenoxy) is 2. The van der Waals surface area contributed by atoms with Gasteiger partial charge in [0, 0.05) is 11.3 Å². The summed E-state index contributed by atoms with van der Waals surface area (Å²) in [7, 11) is 1.27. The van der Waals surface area contributed by atoms with E-state index in [1.54, 1.807) is 6.07 Å². The molecule has 0 aliphatic carbocycles. The van der Waals surface area contributed by atoms with Crippen molar-refractivity contribution in [3.63, 3.8) is 0 Å². The minimum Gasteiger partial charge on any atom is -0.458 e. The summed E-state index contributed by atoms with van der Waals surface area (Å²) in [5.74, 6) is -1.39. The molecule has 0 unspecified atom stereocenters. The Morgan fingerprint density at radius 1 is 1.07 bits per heavy atom. The van der Waals surface area contributed by atoms with Gasteiger partial charge in [0.15, 0.2) is 11.9 Å². The molecule has 3 heterocycles. The molecule has 5 N–H and O–H groups in total. The number of hydrogen-bond donors (Lipinski definition) is 3. The van der Waals surface area contributed by atoms with Gasteiger partial charge in [0.2, 0.25) is 5.71 Å². The van der Waals surface area contributed by atoms with E-state index in [1.165, 1.54) is 29.8 Å². The lowest BCUT2D eigenvalue weighted by Gasteiger charge is -2.49. The van der Waals surface area contributed by atoms with Gasteiger partial charge >= 0.3 is 12.1 Å². The van der Waals surface area contributed by atoms with E-state index in [2.05, 4.69) is 10.5 Å². The van der Waals surface area contributed by atoms with Crippen molar-refractivity contribution in [2.75, 3.05) is 19.5 Å². The van der Waals surface area contributed by atoms with Crippen molar-refractivity contribution in [3.05, 3.63) is 107 Å². The second-order valence-corrected chi connectivity index (χ2v) is 10.7. The standard InChI is InChI=1S/C30H29N5O8S/c1-40-34-22(21-13-12-20(14-31)42-21)26(36)33-23-27(37)35-24(19(15-41-30(32)39)16-44-28(23)35)29(38)43-25(17-8-4-2-5-9-17)18-10-6-3-7-11-18/h2-13,23,25,28H,14-16,31H2,1H3,(H2,32,39)(H,33,36)/t23-,28+/m1/s1. The summed E-state index contributed by atoms with van der Waals surface area (Å²) in [6, 6.07) is 20.4. The van der Waals surface area contributed by atoms with Crippen molar-refractivity contribution in [1.29, 1.82) is 0 Å². The van der Waals surface area contributed by atoms with Gasteiger partial charge in [-0.15, -0.1) is 11.8 Å². The number of β-lactam (4-membered cyclic amide) rings is 1. The van der Waals surface area contributed by atoms with Gasteiger partial charge in [-0.2, -0.15) is 0 Å². The Labute approximate surface area is 256 Å². The molecule has 1 fully saturated rings. The molecule has 0 saturated carbocycles. The molecule has 2 aromatic carbocycles. The Bertz CT molecular complexity index is 1570. The lowest BCUT2D eigenvalue weighted by molar-refractivity contribution is -0.154. The first-order valence-corrected chi connectivity index (χ1v) is 14.5. The molecule has 1 saturated heterocycles. The molecule has 3 aromatic rings. The Kier molecular flexibility index (Phi) is 9.31. The van der Waals surface area contributed by atoms with Gasteiger partial charge < -0.3 is 35.5 Å². The molecule has 0 bridgehead atoms. The molecule has 5 rings (SSSR count). The Morgan fingerprint density at radius 2 is 1.73 bits per heavy atom. The highest BCUT2D eigenvalue weighted by atomic mass is 32.2. The third kappa shape index (κ3) is 6.31. The monoisotopic (exact) mass is 619 g/mol. The summed E-state index contributed by atoms with van der Waals surface area (Å²) >= 11 is 1.27. The van der Waals surface area contributed by atoms with E-state index in [0.29, 0.717) is 22.5 Å². The maximum absolute atomic E-state index is 13.9. The number of hydrogen-bond acceptors (Lipinski definition) is 11. The molecular formula is C30H29N5O8S. The average Bonchev–Trinajstić information content (AvgIpc) is 3.53. The highest BCUT2D eigenvalue weighted by Crippen LogP contribution is 2.41. The number of oxime groups is 1. The zero-order valence-corrected chi connectivity index (χ0v) is 24.3. The van der Waals surface area contributed by atoms with Crippen LogP contribution >= 0.6 is 11.8 Å². The molecule has 0 spiro atoms. The predicted octanol–water partition coefficient (Wildman–Crippen LogP) is 2.17. The highest BCUT2D eigenvalue weighted by molar-refractivity contribution is 8.00. The molecule has 0 radical (unpaired) electrons. The minimum atomic E-state index is -1.04. The largest absolute Gasteiger partial charge is 0.458 e. The van der Waals surface area contributed by atoms with E-state index < -0.39 is 41.4 Å². The smallest absolute Gasteiger partial charge is 0.404 e. The number of esters is 1. The van der Waals surface area contributed by atoms with Crippen LogP contribution in [0, 0.1) is 0 Å². The van der Waals surface area contributed by atoms with Crippen LogP contribution in [-0.4, -0.2) is 65.4 Å². The number of fused-ring (bicyclic) bond motifs is 1. The third-order valence-corrected chi connectivity index (χ3v) is 8.18. The predicted molar refractivity (Wildman–Crippen MR) is 159 cm³/mol. The van der Waals surface area contributed by atoms with Crippen LogP contribution in [0.25, 0.3) is 0 Å². The lowest BCUT2D eigenvalue weighted by Crippen LogP contribution is -2.71. The van der Waals surface area contributed by atoms with Gasteiger partial charge in [0.25, 0.3) is 11.8 Å². The zero-order valence-electron chi connectivity index (χ0n) is 23.5. The van der Waals surface area contributed by atoms with Crippen molar-refractivity contribution >= 4 is 41.4 Å². The Hall–Kier alpha value is -5.08.